The zero-order chi connectivity index (χ0) is 24.3. The third-order valence-electron chi connectivity index (χ3n) is 5.19. The molecule has 2 aromatic carbocycles. The van der Waals surface area contributed by atoms with Gasteiger partial charge in [-0.25, -0.2) is 9.78 Å². The number of carboxylic acids is 1. The third kappa shape index (κ3) is 5.78. The molecule has 1 aliphatic rings. The summed E-state index contributed by atoms with van der Waals surface area (Å²) in [6.45, 7) is 1.09. The van der Waals surface area contributed by atoms with Gasteiger partial charge in [-0.2, -0.15) is 13.1 Å². The summed E-state index contributed by atoms with van der Waals surface area (Å²) in [6, 6.07) is 15.7. The SMILES string of the molecule is O=C(O)c1cnc2c(c1)N(Cc1cc(Cl)ccc1Cl)CCN2NS(=O)(=O)NCc1ccccc1. The average molecular weight is 522 g/mol. The van der Waals surface area contributed by atoms with Gasteiger partial charge in [-0.05, 0) is 35.4 Å². The van der Waals surface area contributed by atoms with Gasteiger partial charge in [0.15, 0.2) is 5.82 Å². The first-order valence-electron chi connectivity index (χ1n) is 10.2. The lowest BCUT2D eigenvalue weighted by Crippen LogP contribution is -2.53. The number of hydrogen-bond donors (Lipinski definition) is 3. The Morgan fingerprint density at radius 1 is 1.09 bits per heavy atom. The molecule has 3 aromatic rings. The summed E-state index contributed by atoms with van der Waals surface area (Å²) >= 11 is 12.4. The van der Waals surface area contributed by atoms with E-state index in [4.69, 9.17) is 23.2 Å². The largest absolute Gasteiger partial charge is 0.478 e. The Hall–Kier alpha value is -2.89. The summed E-state index contributed by atoms with van der Waals surface area (Å²) in [6.07, 6.45) is 1.19. The lowest BCUT2D eigenvalue weighted by molar-refractivity contribution is 0.0696. The molecule has 0 bridgehead atoms. The Kier molecular flexibility index (Phi) is 7.24. The van der Waals surface area contributed by atoms with Gasteiger partial charge < -0.3 is 10.0 Å². The second-order valence-electron chi connectivity index (χ2n) is 7.58. The van der Waals surface area contributed by atoms with Crippen LogP contribution in [0.1, 0.15) is 21.5 Å². The molecule has 0 radical (unpaired) electrons. The van der Waals surface area contributed by atoms with Crippen molar-refractivity contribution in [3.05, 3.63) is 87.5 Å². The van der Waals surface area contributed by atoms with Crippen molar-refractivity contribution in [3.8, 4) is 0 Å². The second-order valence-corrected chi connectivity index (χ2v) is 9.90. The summed E-state index contributed by atoms with van der Waals surface area (Å²) in [5.41, 5.74) is 1.99. The van der Waals surface area contributed by atoms with E-state index in [0.717, 1.165) is 11.1 Å². The predicted octanol–water partition coefficient (Wildman–Crippen LogP) is 3.45. The minimum atomic E-state index is -3.92. The zero-order valence-corrected chi connectivity index (χ0v) is 20.1. The van der Waals surface area contributed by atoms with Crippen LogP contribution in [0.3, 0.4) is 0 Å². The van der Waals surface area contributed by atoms with Crippen LogP contribution in [0.5, 0.6) is 0 Å². The van der Waals surface area contributed by atoms with Crippen LogP contribution in [-0.2, 0) is 23.3 Å². The fraction of sp³-hybridized carbons (Fsp3) is 0.182. The van der Waals surface area contributed by atoms with Gasteiger partial charge in [0.05, 0.1) is 17.8 Å². The monoisotopic (exact) mass is 521 g/mol. The number of hydrogen-bond acceptors (Lipinski definition) is 6. The summed E-state index contributed by atoms with van der Waals surface area (Å²) in [7, 11) is -3.92. The molecule has 1 aliphatic heterocycles. The molecule has 0 fully saturated rings. The predicted molar refractivity (Wildman–Crippen MR) is 131 cm³/mol. The number of rotatable bonds is 8. The van der Waals surface area contributed by atoms with Crippen LogP contribution in [0.4, 0.5) is 11.5 Å². The molecule has 3 N–H and O–H groups in total. The minimum Gasteiger partial charge on any atom is -0.478 e. The van der Waals surface area contributed by atoms with Crippen molar-refractivity contribution >= 4 is 50.9 Å². The molecule has 0 saturated carbocycles. The molecule has 0 amide bonds. The smallest absolute Gasteiger partial charge is 0.337 e. The molecular weight excluding hydrogens is 501 g/mol. The average Bonchev–Trinajstić information content (AvgIpc) is 2.82. The van der Waals surface area contributed by atoms with Gasteiger partial charge in [-0.3, -0.25) is 5.01 Å². The van der Waals surface area contributed by atoms with E-state index in [0.29, 0.717) is 28.8 Å². The second kappa shape index (κ2) is 10.2. The van der Waals surface area contributed by atoms with Crippen molar-refractivity contribution in [2.75, 3.05) is 23.0 Å². The number of nitrogens with one attached hydrogen (secondary N) is 2. The van der Waals surface area contributed by atoms with Crippen molar-refractivity contribution in [3.63, 3.8) is 0 Å². The lowest BCUT2D eigenvalue weighted by Gasteiger charge is -2.37. The molecular formula is C22H21Cl2N5O4S. The molecule has 0 aliphatic carbocycles. The molecule has 2 heterocycles. The highest BCUT2D eigenvalue weighted by Gasteiger charge is 2.28. The first-order valence-corrected chi connectivity index (χ1v) is 12.5. The van der Waals surface area contributed by atoms with E-state index in [-0.39, 0.29) is 24.5 Å². The van der Waals surface area contributed by atoms with Crippen molar-refractivity contribution in [2.45, 2.75) is 13.1 Å². The number of nitrogens with zero attached hydrogens (tertiary/aromatic N) is 3. The first-order chi connectivity index (χ1) is 16.2. The lowest BCUT2D eigenvalue weighted by atomic mass is 10.1. The number of aromatic nitrogens is 1. The number of hydrazine groups is 1. The molecule has 4 rings (SSSR count). The van der Waals surface area contributed by atoms with Gasteiger partial charge in [0.25, 0.3) is 10.2 Å². The topological polar surface area (TPSA) is 115 Å². The van der Waals surface area contributed by atoms with Crippen molar-refractivity contribution in [2.24, 2.45) is 0 Å². The number of halogens is 2. The normalized spacial score (nSPS) is 13.6. The highest BCUT2D eigenvalue weighted by molar-refractivity contribution is 7.87. The number of carbonyl (C=O) groups is 1. The van der Waals surface area contributed by atoms with Crippen molar-refractivity contribution < 1.29 is 18.3 Å². The van der Waals surface area contributed by atoms with Gasteiger partial charge in [0.2, 0.25) is 0 Å². The number of pyridine rings is 1. The first kappa shape index (κ1) is 24.2. The van der Waals surface area contributed by atoms with Crippen LogP contribution in [0, 0.1) is 0 Å². The van der Waals surface area contributed by atoms with Gasteiger partial charge in [-0.1, -0.05) is 53.5 Å². The van der Waals surface area contributed by atoms with Crippen LogP contribution < -0.4 is 19.5 Å². The minimum absolute atomic E-state index is 0.0205. The van der Waals surface area contributed by atoms with E-state index in [2.05, 4.69) is 14.5 Å². The van der Waals surface area contributed by atoms with E-state index >= 15 is 0 Å². The van der Waals surface area contributed by atoms with Crippen LogP contribution in [0.25, 0.3) is 0 Å². The van der Waals surface area contributed by atoms with Crippen LogP contribution in [0.2, 0.25) is 10.0 Å². The van der Waals surface area contributed by atoms with Gasteiger partial charge in [-0.15, -0.1) is 4.83 Å². The molecule has 0 saturated heterocycles. The standard InChI is InChI=1S/C22H21Cl2N5O4S/c23-18-6-7-19(24)17(10-18)14-28-8-9-29(21-20(28)11-16(13-25-21)22(30)31)27-34(32,33)26-12-15-4-2-1-3-5-15/h1-7,10-11,13,26-27H,8-9,12,14H2,(H,30,31). The zero-order valence-electron chi connectivity index (χ0n) is 17.8. The number of benzene rings is 2. The Balaban J connectivity index is 1.58. The highest BCUT2D eigenvalue weighted by atomic mass is 35.5. The Labute approximate surface area is 207 Å². The van der Waals surface area contributed by atoms with Crippen LogP contribution >= 0.6 is 23.2 Å². The van der Waals surface area contributed by atoms with Crippen LogP contribution in [0.15, 0.2) is 60.8 Å². The molecule has 0 atom stereocenters. The van der Waals surface area contributed by atoms with Gasteiger partial charge >= 0.3 is 5.97 Å². The highest BCUT2D eigenvalue weighted by Crippen LogP contribution is 2.33. The van der Waals surface area contributed by atoms with E-state index in [9.17, 15) is 18.3 Å². The summed E-state index contributed by atoms with van der Waals surface area (Å²) < 4.78 is 27.9. The van der Waals surface area contributed by atoms with E-state index < -0.39 is 16.2 Å². The number of aromatic carboxylic acids is 1. The maximum absolute atomic E-state index is 12.7. The Morgan fingerprint density at radius 2 is 1.85 bits per heavy atom. The van der Waals surface area contributed by atoms with Gasteiger partial charge in [0, 0.05) is 35.9 Å². The number of fused-ring (bicyclic) bond motifs is 1. The van der Waals surface area contributed by atoms with Crippen LogP contribution in [-0.4, -0.2) is 37.6 Å². The molecule has 9 nitrogen and oxygen atoms in total. The quantitative estimate of drug-likeness (QED) is 0.415. The maximum atomic E-state index is 12.7. The van der Waals surface area contributed by atoms with E-state index in [1.165, 1.54) is 17.3 Å². The Bertz CT molecular complexity index is 1310. The van der Waals surface area contributed by atoms with Crippen molar-refractivity contribution in [1.29, 1.82) is 0 Å². The number of carboxylic acid groups (broad SMARTS) is 1. The van der Waals surface area contributed by atoms with Gasteiger partial charge in [0.1, 0.15) is 0 Å². The maximum Gasteiger partial charge on any atom is 0.337 e. The molecule has 0 spiro atoms. The molecule has 0 unspecified atom stereocenters. The summed E-state index contributed by atoms with van der Waals surface area (Å²) in [5, 5.41) is 11.9. The number of anilines is 2. The third-order valence-corrected chi connectivity index (χ3v) is 6.78. The van der Waals surface area contributed by atoms with E-state index in [1.807, 2.05) is 35.2 Å². The molecule has 1 aromatic heterocycles. The fourth-order valence-corrected chi connectivity index (χ4v) is 4.79. The molecule has 34 heavy (non-hydrogen) atoms. The molecule has 12 heteroatoms. The molecule has 178 valence electrons. The van der Waals surface area contributed by atoms with Crippen molar-refractivity contribution in [1.82, 2.24) is 14.5 Å². The van der Waals surface area contributed by atoms with E-state index in [1.54, 1.807) is 18.2 Å². The fourth-order valence-electron chi connectivity index (χ4n) is 3.53. The summed E-state index contributed by atoms with van der Waals surface area (Å²) in [4.78, 5) is 20.2. The Morgan fingerprint density at radius 3 is 2.59 bits per heavy atom. The summed E-state index contributed by atoms with van der Waals surface area (Å²) in [5.74, 6) is -0.863.